The highest BCUT2D eigenvalue weighted by Gasteiger charge is 2.09. The van der Waals surface area contributed by atoms with Gasteiger partial charge in [-0.3, -0.25) is 9.36 Å². The average molecular weight is 477 g/mol. The molecule has 0 unspecified atom stereocenters. The zero-order valence-electron chi connectivity index (χ0n) is 19.5. The number of hydrogen-bond acceptors (Lipinski definition) is 5. The van der Waals surface area contributed by atoms with Crippen LogP contribution in [0.15, 0.2) is 84.5 Å². The number of hydrogen-bond donors (Lipinski definition) is 2. The number of aromatic nitrogens is 4. The Morgan fingerprint density at radius 1 is 1.24 bits per heavy atom. The summed E-state index contributed by atoms with van der Waals surface area (Å²) in [5.74, 6) is 1.75. The minimum Gasteiger partial charge on any atom is -0.361 e. The second-order valence-corrected chi connectivity index (χ2v) is 8.15. The second-order valence-electron chi connectivity index (χ2n) is 7.71. The van der Waals surface area contributed by atoms with Crippen LogP contribution in [0.5, 0.6) is 0 Å². The Morgan fingerprint density at radius 2 is 2.03 bits per heavy atom. The summed E-state index contributed by atoms with van der Waals surface area (Å²) in [6, 6.07) is 9.86. The van der Waals surface area contributed by atoms with E-state index in [1.807, 2.05) is 56.5 Å². The molecule has 0 aliphatic rings. The molecule has 1 aromatic carbocycles. The van der Waals surface area contributed by atoms with Crippen LogP contribution in [0.1, 0.15) is 30.3 Å². The highest BCUT2D eigenvalue weighted by Crippen LogP contribution is 2.16. The summed E-state index contributed by atoms with van der Waals surface area (Å²) in [4.78, 5) is 25.7. The lowest BCUT2D eigenvalue weighted by Crippen LogP contribution is -2.29. The number of allylic oxidation sites excluding steroid dienone is 5. The first-order chi connectivity index (χ1) is 16.5. The molecule has 7 nitrogen and oxygen atoms in total. The number of nitrogens with one attached hydrogen (secondary N) is 2. The molecule has 8 heteroatoms. The van der Waals surface area contributed by atoms with Crippen molar-refractivity contribution in [3.63, 3.8) is 0 Å². The summed E-state index contributed by atoms with van der Waals surface area (Å²) in [7, 11) is 0. The first-order valence-electron chi connectivity index (χ1n) is 11.0. The number of imidazole rings is 1. The molecule has 0 atom stereocenters. The third-order valence-corrected chi connectivity index (χ3v) is 5.39. The van der Waals surface area contributed by atoms with Crippen molar-refractivity contribution < 1.29 is 4.79 Å². The van der Waals surface area contributed by atoms with Gasteiger partial charge in [0.25, 0.3) is 0 Å². The molecule has 2 N–H and O–H groups in total. The molecule has 0 aliphatic carbocycles. The molecule has 0 radical (unpaired) electrons. The quantitative estimate of drug-likeness (QED) is 0.385. The van der Waals surface area contributed by atoms with Crippen LogP contribution >= 0.6 is 11.6 Å². The zero-order chi connectivity index (χ0) is 24.3. The number of carbonyl (C=O) groups is 1. The summed E-state index contributed by atoms with van der Waals surface area (Å²) in [5, 5.41) is 6.69. The number of benzene rings is 1. The molecule has 176 valence electrons. The van der Waals surface area contributed by atoms with E-state index >= 15 is 0 Å². The van der Waals surface area contributed by atoms with E-state index in [1.54, 1.807) is 29.2 Å². The van der Waals surface area contributed by atoms with Gasteiger partial charge in [0.05, 0.1) is 6.54 Å². The highest BCUT2D eigenvalue weighted by molar-refractivity contribution is 6.31. The SMILES string of the molecule is C=C/C(=C\C(Cl)=C/C)CCc1nc(NCC(=O)NCc2ccc(C)cc2)cc(-n2ccnc2)n1. The average Bonchev–Trinajstić information content (AvgIpc) is 3.40. The summed E-state index contributed by atoms with van der Waals surface area (Å²) < 4.78 is 1.80. The van der Waals surface area contributed by atoms with E-state index in [4.69, 9.17) is 11.6 Å². The topological polar surface area (TPSA) is 84.7 Å². The minimum atomic E-state index is -0.122. The number of nitrogens with zero attached hydrogens (tertiary/aromatic N) is 4. The van der Waals surface area contributed by atoms with Gasteiger partial charge >= 0.3 is 0 Å². The predicted molar refractivity (Wildman–Crippen MR) is 137 cm³/mol. The van der Waals surface area contributed by atoms with Crippen LogP contribution in [0.2, 0.25) is 0 Å². The predicted octanol–water partition coefficient (Wildman–Crippen LogP) is 4.89. The van der Waals surface area contributed by atoms with Crippen molar-refractivity contribution in [1.29, 1.82) is 0 Å². The number of carbonyl (C=O) groups excluding carboxylic acids is 1. The van der Waals surface area contributed by atoms with E-state index in [0.717, 1.165) is 11.1 Å². The standard InChI is InChI=1S/C26H29ClN6O/c1-4-20(14-22(27)5-2)10-11-23-31-24(15-25(32-23)33-13-12-28-18-33)29-17-26(34)30-16-21-8-6-19(3)7-9-21/h4-9,12-15,18H,1,10-11,16-17H2,2-3H3,(H,30,34)(H,29,31,32)/b20-14+,22-5+. The van der Waals surface area contributed by atoms with Gasteiger partial charge in [0.15, 0.2) is 0 Å². The van der Waals surface area contributed by atoms with Crippen molar-refractivity contribution in [3.8, 4) is 5.82 Å². The lowest BCUT2D eigenvalue weighted by molar-refractivity contribution is -0.119. The van der Waals surface area contributed by atoms with Crippen molar-refractivity contribution in [2.24, 2.45) is 0 Å². The summed E-state index contributed by atoms with van der Waals surface area (Å²) in [5.41, 5.74) is 3.23. The normalized spacial score (nSPS) is 11.9. The van der Waals surface area contributed by atoms with Crippen molar-refractivity contribution in [1.82, 2.24) is 24.8 Å². The van der Waals surface area contributed by atoms with Crippen LogP contribution in [0, 0.1) is 6.92 Å². The number of aryl methyl sites for hydroxylation is 2. The molecule has 0 aliphatic heterocycles. The van der Waals surface area contributed by atoms with Gasteiger partial charge in [-0.2, -0.15) is 0 Å². The van der Waals surface area contributed by atoms with Crippen LogP contribution in [0.25, 0.3) is 5.82 Å². The molecule has 34 heavy (non-hydrogen) atoms. The van der Waals surface area contributed by atoms with E-state index in [0.29, 0.717) is 41.9 Å². The lowest BCUT2D eigenvalue weighted by Gasteiger charge is -2.11. The molecule has 3 rings (SSSR count). The smallest absolute Gasteiger partial charge is 0.239 e. The van der Waals surface area contributed by atoms with Crippen LogP contribution < -0.4 is 10.6 Å². The van der Waals surface area contributed by atoms with Gasteiger partial charge in [0.2, 0.25) is 5.91 Å². The largest absolute Gasteiger partial charge is 0.361 e. The maximum atomic E-state index is 12.4. The van der Waals surface area contributed by atoms with Gasteiger partial charge < -0.3 is 10.6 Å². The fourth-order valence-electron chi connectivity index (χ4n) is 3.10. The van der Waals surface area contributed by atoms with E-state index in [9.17, 15) is 4.79 Å². The van der Waals surface area contributed by atoms with Crippen LogP contribution in [-0.2, 0) is 17.8 Å². The molecule has 3 aromatic rings. The molecule has 0 bridgehead atoms. The Balaban J connectivity index is 1.67. The van der Waals surface area contributed by atoms with Gasteiger partial charge in [0.1, 0.15) is 23.8 Å². The minimum absolute atomic E-state index is 0.0976. The monoisotopic (exact) mass is 476 g/mol. The number of halogens is 1. The Morgan fingerprint density at radius 3 is 2.71 bits per heavy atom. The molecule has 2 heterocycles. The summed E-state index contributed by atoms with van der Waals surface area (Å²) >= 11 is 6.13. The zero-order valence-corrected chi connectivity index (χ0v) is 20.2. The molecule has 1 amide bonds. The Labute approximate surface area is 205 Å². The van der Waals surface area contributed by atoms with Gasteiger partial charge in [-0.1, -0.05) is 60.2 Å². The maximum absolute atomic E-state index is 12.4. The lowest BCUT2D eigenvalue weighted by atomic mass is 10.1. The number of amides is 1. The Hall–Kier alpha value is -3.71. The third kappa shape index (κ3) is 7.71. The van der Waals surface area contributed by atoms with E-state index in [-0.39, 0.29) is 12.5 Å². The van der Waals surface area contributed by atoms with Crippen molar-refractivity contribution in [2.75, 3.05) is 11.9 Å². The van der Waals surface area contributed by atoms with E-state index in [1.165, 1.54) is 5.56 Å². The van der Waals surface area contributed by atoms with Crippen molar-refractivity contribution in [3.05, 3.63) is 101 Å². The summed E-state index contributed by atoms with van der Waals surface area (Å²) in [6.45, 7) is 8.35. The molecular weight excluding hydrogens is 448 g/mol. The second kappa shape index (κ2) is 12.5. The fourth-order valence-corrected chi connectivity index (χ4v) is 3.24. The maximum Gasteiger partial charge on any atom is 0.239 e. The highest BCUT2D eigenvalue weighted by atomic mass is 35.5. The van der Waals surface area contributed by atoms with E-state index in [2.05, 4.69) is 32.2 Å². The molecule has 0 saturated heterocycles. The van der Waals surface area contributed by atoms with Gasteiger partial charge in [-0.05, 0) is 37.5 Å². The number of anilines is 1. The molecule has 2 aromatic heterocycles. The molecule has 0 fully saturated rings. The molecular formula is C26H29ClN6O. The van der Waals surface area contributed by atoms with Crippen molar-refractivity contribution >= 4 is 23.3 Å². The Kier molecular flexibility index (Phi) is 9.17. The van der Waals surface area contributed by atoms with Crippen LogP contribution in [0.4, 0.5) is 5.82 Å². The fraction of sp³-hybridized carbons (Fsp3) is 0.231. The van der Waals surface area contributed by atoms with Gasteiger partial charge in [0, 0.05) is 36.5 Å². The Bertz CT molecular complexity index is 1170. The van der Waals surface area contributed by atoms with Crippen molar-refractivity contribution in [2.45, 2.75) is 33.2 Å². The number of rotatable bonds is 11. The first-order valence-corrected chi connectivity index (χ1v) is 11.4. The summed E-state index contributed by atoms with van der Waals surface area (Å²) in [6.07, 6.45) is 11.9. The third-order valence-electron chi connectivity index (χ3n) is 5.07. The van der Waals surface area contributed by atoms with E-state index < -0.39 is 0 Å². The molecule has 0 spiro atoms. The van der Waals surface area contributed by atoms with Gasteiger partial charge in [-0.15, -0.1) is 0 Å². The molecule has 0 saturated carbocycles. The van der Waals surface area contributed by atoms with Crippen LogP contribution in [-0.4, -0.2) is 32.0 Å². The van der Waals surface area contributed by atoms with Gasteiger partial charge in [-0.25, -0.2) is 15.0 Å². The van der Waals surface area contributed by atoms with Crippen LogP contribution in [0.3, 0.4) is 0 Å². The first kappa shape index (κ1) is 24.9.